The molecule has 0 unspecified atom stereocenters. The fraction of sp³-hybridized carbons (Fsp3) is 0.350. The van der Waals surface area contributed by atoms with Crippen molar-refractivity contribution < 1.29 is 26.3 Å². The molecule has 1 fully saturated rings. The minimum absolute atomic E-state index is 0.00668. The minimum Gasteiger partial charge on any atom is -0.340 e. The summed E-state index contributed by atoms with van der Waals surface area (Å²) < 4.78 is 78.3. The number of halogens is 6. The second kappa shape index (κ2) is 8.45. The monoisotopic (exact) mass is 469 g/mol. The van der Waals surface area contributed by atoms with E-state index in [1.807, 2.05) is 11.8 Å². The van der Waals surface area contributed by atoms with Crippen LogP contribution in [0.5, 0.6) is 0 Å². The van der Waals surface area contributed by atoms with Crippen molar-refractivity contribution in [2.24, 2.45) is 5.92 Å². The predicted octanol–water partition coefficient (Wildman–Crippen LogP) is 4.96. The molecule has 4 heterocycles. The molecule has 3 aromatic heterocycles. The molecule has 174 valence electrons. The highest BCUT2D eigenvalue weighted by atomic mass is 19.4. The molecule has 1 saturated heterocycles. The fourth-order valence-electron chi connectivity index (χ4n) is 3.30. The van der Waals surface area contributed by atoms with Crippen LogP contribution in [0.4, 0.5) is 43.9 Å². The average molecular weight is 469 g/mol. The SMILES string of the molecule is C[C@@H]1CCN(c2nc(Nc3ccnc(C(F)(F)F)c3)nc(-c3cccc(C(F)(F)F)n3)n2)C1. The number of nitrogens with one attached hydrogen (secondary N) is 1. The Morgan fingerprint density at radius 1 is 0.939 bits per heavy atom. The molecule has 0 aromatic carbocycles. The number of hydrogen-bond acceptors (Lipinski definition) is 7. The normalized spacial score (nSPS) is 16.8. The van der Waals surface area contributed by atoms with Gasteiger partial charge in [0.25, 0.3) is 0 Å². The number of rotatable bonds is 4. The summed E-state index contributed by atoms with van der Waals surface area (Å²) in [6.07, 6.45) is -7.47. The van der Waals surface area contributed by atoms with Crippen LogP contribution in [0.25, 0.3) is 11.5 Å². The van der Waals surface area contributed by atoms with Gasteiger partial charge in [0.15, 0.2) is 5.82 Å². The van der Waals surface area contributed by atoms with Gasteiger partial charge in [-0.2, -0.15) is 41.3 Å². The first-order chi connectivity index (χ1) is 15.5. The number of alkyl halides is 6. The maximum absolute atomic E-state index is 13.1. The van der Waals surface area contributed by atoms with E-state index in [9.17, 15) is 26.3 Å². The van der Waals surface area contributed by atoms with Gasteiger partial charge in [-0.05, 0) is 36.6 Å². The molecule has 1 aliphatic heterocycles. The molecule has 0 bridgehead atoms. The third-order valence-electron chi connectivity index (χ3n) is 4.91. The van der Waals surface area contributed by atoms with Gasteiger partial charge in [-0.25, -0.2) is 4.98 Å². The maximum Gasteiger partial charge on any atom is 0.433 e. The van der Waals surface area contributed by atoms with Crippen molar-refractivity contribution in [1.29, 1.82) is 0 Å². The Bertz CT molecular complexity index is 1150. The Morgan fingerprint density at radius 3 is 2.36 bits per heavy atom. The third kappa shape index (κ3) is 5.29. The van der Waals surface area contributed by atoms with Crippen LogP contribution in [0, 0.1) is 5.92 Å². The molecule has 0 amide bonds. The van der Waals surface area contributed by atoms with Crippen molar-refractivity contribution in [3.05, 3.63) is 47.9 Å². The van der Waals surface area contributed by atoms with Crippen molar-refractivity contribution in [3.8, 4) is 11.5 Å². The molecule has 0 aliphatic carbocycles. The molecule has 1 atom stereocenters. The molecule has 33 heavy (non-hydrogen) atoms. The van der Waals surface area contributed by atoms with E-state index in [4.69, 9.17) is 0 Å². The van der Waals surface area contributed by atoms with E-state index in [2.05, 4.69) is 30.2 Å². The Labute approximate surface area is 183 Å². The molecule has 1 aliphatic rings. The van der Waals surface area contributed by atoms with Crippen LogP contribution in [0.15, 0.2) is 36.5 Å². The van der Waals surface area contributed by atoms with Gasteiger partial charge in [0.1, 0.15) is 17.1 Å². The van der Waals surface area contributed by atoms with Gasteiger partial charge in [-0.15, -0.1) is 0 Å². The number of hydrogen-bond donors (Lipinski definition) is 1. The van der Waals surface area contributed by atoms with Crippen LogP contribution >= 0.6 is 0 Å². The lowest BCUT2D eigenvalue weighted by atomic mass is 10.2. The summed E-state index contributed by atoms with van der Waals surface area (Å²) in [7, 11) is 0. The molecule has 1 N–H and O–H groups in total. The standard InChI is InChI=1S/C20H17F6N7/c1-11-6-8-33(10-11)18-31-16(13-3-2-4-14(29-13)19(21,22)23)30-17(32-18)28-12-5-7-27-15(9-12)20(24,25)26/h2-5,7,9,11H,6,8,10H2,1H3,(H,27,28,30,31,32)/t11-/m1/s1. The van der Waals surface area contributed by atoms with Crippen LogP contribution in [-0.4, -0.2) is 38.0 Å². The van der Waals surface area contributed by atoms with Crippen molar-refractivity contribution >= 4 is 17.6 Å². The lowest BCUT2D eigenvalue weighted by Crippen LogP contribution is -2.23. The lowest BCUT2D eigenvalue weighted by Gasteiger charge is -2.18. The van der Waals surface area contributed by atoms with Gasteiger partial charge < -0.3 is 10.2 Å². The molecule has 3 aromatic rings. The van der Waals surface area contributed by atoms with E-state index >= 15 is 0 Å². The first kappa shape index (κ1) is 22.7. The molecule has 4 rings (SSSR count). The van der Waals surface area contributed by atoms with E-state index < -0.39 is 23.7 Å². The van der Waals surface area contributed by atoms with E-state index in [1.54, 1.807) is 0 Å². The largest absolute Gasteiger partial charge is 0.433 e. The fourth-order valence-corrected chi connectivity index (χ4v) is 3.30. The highest BCUT2D eigenvalue weighted by Gasteiger charge is 2.34. The second-order valence-corrected chi connectivity index (χ2v) is 7.58. The van der Waals surface area contributed by atoms with Crippen LogP contribution < -0.4 is 10.2 Å². The Morgan fingerprint density at radius 2 is 1.70 bits per heavy atom. The zero-order valence-electron chi connectivity index (χ0n) is 17.1. The van der Waals surface area contributed by atoms with Gasteiger partial charge >= 0.3 is 12.4 Å². The van der Waals surface area contributed by atoms with Gasteiger partial charge in [0, 0.05) is 25.0 Å². The molecule has 0 saturated carbocycles. The van der Waals surface area contributed by atoms with Crippen molar-refractivity contribution in [2.45, 2.75) is 25.7 Å². The quantitative estimate of drug-likeness (QED) is 0.542. The highest BCUT2D eigenvalue weighted by molar-refractivity contribution is 5.59. The molecular weight excluding hydrogens is 452 g/mol. The van der Waals surface area contributed by atoms with Crippen molar-refractivity contribution in [1.82, 2.24) is 24.9 Å². The summed E-state index contributed by atoms with van der Waals surface area (Å²) in [5, 5.41) is 2.67. The number of aromatic nitrogens is 5. The summed E-state index contributed by atoms with van der Waals surface area (Å²) in [5.74, 6) is 0.269. The summed E-state index contributed by atoms with van der Waals surface area (Å²) in [5.41, 5.74) is -2.37. The Kier molecular flexibility index (Phi) is 5.80. The summed E-state index contributed by atoms with van der Waals surface area (Å²) >= 11 is 0. The van der Waals surface area contributed by atoms with Crippen LogP contribution in [0.2, 0.25) is 0 Å². The molecule has 0 spiro atoms. The number of nitrogens with zero attached hydrogens (tertiary/aromatic N) is 6. The Balaban J connectivity index is 1.75. The molecular formula is C20H17F6N7. The zero-order valence-corrected chi connectivity index (χ0v) is 17.1. The smallest absolute Gasteiger partial charge is 0.340 e. The topological polar surface area (TPSA) is 79.7 Å². The van der Waals surface area contributed by atoms with Gasteiger partial charge in [0.2, 0.25) is 11.9 Å². The van der Waals surface area contributed by atoms with Crippen LogP contribution in [0.1, 0.15) is 24.7 Å². The first-order valence-corrected chi connectivity index (χ1v) is 9.85. The molecule has 0 radical (unpaired) electrons. The van der Waals surface area contributed by atoms with E-state index in [1.165, 1.54) is 18.2 Å². The average Bonchev–Trinajstić information content (AvgIpc) is 3.19. The lowest BCUT2D eigenvalue weighted by molar-refractivity contribution is -0.141. The summed E-state index contributed by atoms with van der Waals surface area (Å²) in [6, 6.07) is 5.39. The minimum atomic E-state index is -4.66. The van der Waals surface area contributed by atoms with Crippen LogP contribution in [0.3, 0.4) is 0 Å². The van der Waals surface area contributed by atoms with Gasteiger partial charge in [-0.1, -0.05) is 13.0 Å². The Hall–Kier alpha value is -3.51. The number of pyridine rings is 2. The van der Waals surface area contributed by atoms with Gasteiger partial charge in [-0.3, -0.25) is 4.98 Å². The zero-order chi connectivity index (χ0) is 23.8. The van der Waals surface area contributed by atoms with Crippen LogP contribution in [-0.2, 0) is 12.4 Å². The summed E-state index contributed by atoms with van der Waals surface area (Å²) in [6.45, 7) is 3.27. The predicted molar refractivity (Wildman–Crippen MR) is 107 cm³/mol. The van der Waals surface area contributed by atoms with Crippen molar-refractivity contribution in [2.75, 3.05) is 23.3 Å². The van der Waals surface area contributed by atoms with E-state index in [0.29, 0.717) is 19.0 Å². The number of anilines is 3. The third-order valence-corrected chi connectivity index (χ3v) is 4.91. The van der Waals surface area contributed by atoms with Gasteiger partial charge in [0.05, 0.1) is 0 Å². The second-order valence-electron chi connectivity index (χ2n) is 7.58. The molecule has 13 heteroatoms. The summed E-state index contributed by atoms with van der Waals surface area (Å²) in [4.78, 5) is 21.4. The van der Waals surface area contributed by atoms with E-state index in [0.717, 1.165) is 24.8 Å². The maximum atomic E-state index is 13.1. The van der Waals surface area contributed by atoms with Crippen molar-refractivity contribution in [3.63, 3.8) is 0 Å². The molecule has 7 nitrogen and oxygen atoms in total. The first-order valence-electron chi connectivity index (χ1n) is 9.85. The van der Waals surface area contributed by atoms with E-state index in [-0.39, 0.29) is 29.1 Å². The highest BCUT2D eigenvalue weighted by Crippen LogP contribution is 2.31.